The normalized spacial score (nSPS) is 11.5. The molecule has 3 rings (SSSR count). The van der Waals surface area contributed by atoms with Crippen molar-refractivity contribution in [1.82, 2.24) is 5.43 Å². The number of amides is 1. The fraction of sp³-hybridized carbons (Fsp3) is 0.259. The van der Waals surface area contributed by atoms with Gasteiger partial charge in [0.25, 0.3) is 5.91 Å². The quantitative estimate of drug-likeness (QED) is 0.223. The van der Waals surface area contributed by atoms with Gasteiger partial charge >= 0.3 is 0 Å². The fourth-order valence-corrected chi connectivity index (χ4v) is 3.99. The molecule has 178 valence electrons. The first kappa shape index (κ1) is 26.0. The smallest absolute Gasteiger partial charge is 0.271 e. The minimum absolute atomic E-state index is 0.0347. The predicted octanol–water partition coefficient (Wildman–Crippen LogP) is 7.25. The van der Waals surface area contributed by atoms with E-state index in [2.05, 4.69) is 63.2 Å². The van der Waals surface area contributed by atoms with Gasteiger partial charge in [-0.1, -0.05) is 61.0 Å². The van der Waals surface area contributed by atoms with E-state index in [0.717, 1.165) is 20.1 Å². The van der Waals surface area contributed by atoms with Crippen LogP contribution >= 0.6 is 31.9 Å². The molecule has 0 saturated heterocycles. The molecule has 5 nitrogen and oxygen atoms in total. The predicted molar refractivity (Wildman–Crippen MR) is 144 cm³/mol. The van der Waals surface area contributed by atoms with Crippen LogP contribution in [-0.2, 0) is 12.0 Å². The number of halogens is 2. The standard InChI is InChI=1S/C27H28Br2N2O3/c1-5-33-24-15-19(14-23(29)25(24)34-17-18-6-12-22(28)13-7-18)16-30-31-26(32)20-8-10-21(11-9-20)27(2,3)4/h6-16H,5,17H2,1-4H3,(H,31,32)/b30-16-. The Labute approximate surface area is 217 Å². The summed E-state index contributed by atoms with van der Waals surface area (Å²) < 4.78 is 13.6. The maximum Gasteiger partial charge on any atom is 0.271 e. The summed E-state index contributed by atoms with van der Waals surface area (Å²) in [5.41, 5.74) is 6.14. The van der Waals surface area contributed by atoms with Crippen LogP contribution in [0.4, 0.5) is 0 Å². The van der Waals surface area contributed by atoms with E-state index in [-0.39, 0.29) is 11.3 Å². The molecule has 0 unspecified atom stereocenters. The van der Waals surface area contributed by atoms with E-state index >= 15 is 0 Å². The van der Waals surface area contributed by atoms with Crippen LogP contribution in [0.1, 0.15) is 54.7 Å². The lowest BCUT2D eigenvalue weighted by atomic mass is 9.87. The molecule has 0 aliphatic heterocycles. The van der Waals surface area contributed by atoms with Gasteiger partial charge < -0.3 is 9.47 Å². The van der Waals surface area contributed by atoms with E-state index in [1.807, 2.05) is 67.6 Å². The lowest BCUT2D eigenvalue weighted by Crippen LogP contribution is -2.18. The molecule has 0 aliphatic carbocycles. The van der Waals surface area contributed by atoms with E-state index in [4.69, 9.17) is 9.47 Å². The van der Waals surface area contributed by atoms with Crippen LogP contribution in [0.5, 0.6) is 11.5 Å². The molecule has 0 aromatic heterocycles. The molecule has 1 N–H and O–H groups in total. The maximum atomic E-state index is 12.4. The summed E-state index contributed by atoms with van der Waals surface area (Å²) in [6.07, 6.45) is 1.58. The second-order valence-corrected chi connectivity index (χ2v) is 10.5. The first-order valence-corrected chi connectivity index (χ1v) is 12.5. The number of rotatable bonds is 8. The molecule has 0 fully saturated rings. The zero-order valence-corrected chi connectivity index (χ0v) is 22.9. The van der Waals surface area contributed by atoms with Gasteiger partial charge in [-0.2, -0.15) is 5.10 Å². The van der Waals surface area contributed by atoms with Crippen molar-refractivity contribution in [1.29, 1.82) is 0 Å². The number of nitrogens with zero attached hydrogens (tertiary/aromatic N) is 1. The molecule has 0 bridgehead atoms. The van der Waals surface area contributed by atoms with Gasteiger partial charge in [0.15, 0.2) is 11.5 Å². The van der Waals surface area contributed by atoms with Crippen molar-refractivity contribution in [3.05, 3.63) is 91.9 Å². The highest BCUT2D eigenvalue weighted by atomic mass is 79.9. The summed E-state index contributed by atoms with van der Waals surface area (Å²) in [6.45, 7) is 9.22. The fourth-order valence-electron chi connectivity index (χ4n) is 3.15. The third-order valence-corrected chi connectivity index (χ3v) is 6.14. The van der Waals surface area contributed by atoms with Crippen molar-refractivity contribution in [3.63, 3.8) is 0 Å². The van der Waals surface area contributed by atoms with Crippen molar-refractivity contribution >= 4 is 44.0 Å². The first-order chi connectivity index (χ1) is 16.2. The van der Waals surface area contributed by atoms with Crippen LogP contribution in [0.15, 0.2) is 74.7 Å². The van der Waals surface area contributed by atoms with Gasteiger partial charge in [0.2, 0.25) is 0 Å². The van der Waals surface area contributed by atoms with Crippen molar-refractivity contribution in [3.8, 4) is 11.5 Å². The second-order valence-electron chi connectivity index (χ2n) is 8.70. The monoisotopic (exact) mass is 586 g/mol. The number of ether oxygens (including phenoxy) is 2. The Kier molecular flexibility index (Phi) is 8.91. The van der Waals surface area contributed by atoms with Crippen molar-refractivity contribution in [2.75, 3.05) is 6.61 Å². The van der Waals surface area contributed by atoms with Crippen molar-refractivity contribution in [2.24, 2.45) is 5.10 Å². The number of carbonyl (C=O) groups excluding carboxylic acids is 1. The van der Waals surface area contributed by atoms with E-state index in [9.17, 15) is 4.79 Å². The van der Waals surface area contributed by atoms with Gasteiger partial charge in [0.05, 0.1) is 17.3 Å². The number of nitrogens with one attached hydrogen (secondary N) is 1. The van der Waals surface area contributed by atoms with Crippen LogP contribution in [-0.4, -0.2) is 18.7 Å². The van der Waals surface area contributed by atoms with Crippen LogP contribution in [0.3, 0.4) is 0 Å². The molecule has 34 heavy (non-hydrogen) atoms. The third kappa shape index (κ3) is 7.18. The average molecular weight is 588 g/mol. The van der Waals surface area contributed by atoms with E-state index < -0.39 is 0 Å². The Balaban J connectivity index is 1.69. The number of hydrogen-bond acceptors (Lipinski definition) is 4. The lowest BCUT2D eigenvalue weighted by molar-refractivity contribution is 0.0955. The summed E-state index contributed by atoms with van der Waals surface area (Å²) in [4.78, 5) is 12.4. The molecule has 1 amide bonds. The number of hydrogen-bond donors (Lipinski definition) is 1. The number of carbonyl (C=O) groups is 1. The van der Waals surface area contributed by atoms with Crippen LogP contribution in [0.2, 0.25) is 0 Å². The highest BCUT2D eigenvalue weighted by molar-refractivity contribution is 9.10. The molecule has 3 aromatic rings. The molecule has 0 spiro atoms. The Morgan fingerprint density at radius 2 is 1.68 bits per heavy atom. The Bertz CT molecular complexity index is 1150. The summed E-state index contributed by atoms with van der Waals surface area (Å²) in [7, 11) is 0. The Morgan fingerprint density at radius 3 is 2.29 bits per heavy atom. The SMILES string of the molecule is CCOc1cc(/C=N\NC(=O)c2ccc(C(C)(C)C)cc2)cc(Br)c1OCc1ccc(Br)cc1. The summed E-state index contributed by atoms with van der Waals surface area (Å²) in [6, 6.07) is 19.2. The highest BCUT2D eigenvalue weighted by Crippen LogP contribution is 2.37. The van der Waals surface area contributed by atoms with Crippen LogP contribution in [0.25, 0.3) is 0 Å². The lowest BCUT2D eigenvalue weighted by Gasteiger charge is -2.18. The molecule has 3 aromatic carbocycles. The molecule has 0 aliphatic rings. The second kappa shape index (κ2) is 11.7. The topological polar surface area (TPSA) is 59.9 Å². The molecule has 7 heteroatoms. The number of benzene rings is 3. The highest BCUT2D eigenvalue weighted by Gasteiger charge is 2.15. The molecule has 0 radical (unpaired) electrons. The number of hydrazone groups is 1. The minimum atomic E-state index is -0.268. The van der Waals surface area contributed by atoms with Gasteiger partial charge in [-0.15, -0.1) is 0 Å². The molecule has 0 saturated carbocycles. The van der Waals surface area contributed by atoms with Crippen molar-refractivity contribution < 1.29 is 14.3 Å². The van der Waals surface area contributed by atoms with Crippen LogP contribution in [0, 0.1) is 0 Å². The molecule has 0 heterocycles. The van der Waals surface area contributed by atoms with Gasteiger partial charge in [0.1, 0.15) is 6.61 Å². The Hall–Kier alpha value is -2.64. The summed E-state index contributed by atoms with van der Waals surface area (Å²) >= 11 is 7.01. The zero-order chi connectivity index (χ0) is 24.7. The van der Waals surface area contributed by atoms with Crippen LogP contribution < -0.4 is 14.9 Å². The Morgan fingerprint density at radius 1 is 1.00 bits per heavy atom. The van der Waals surface area contributed by atoms with E-state index in [1.54, 1.807) is 6.21 Å². The molecule has 0 atom stereocenters. The summed E-state index contributed by atoms with van der Waals surface area (Å²) in [5.74, 6) is 0.944. The largest absolute Gasteiger partial charge is 0.490 e. The van der Waals surface area contributed by atoms with Gasteiger partial charge in [-0.05, 0) is 81.4 Å². The van der Waals surface area contributed by atoms with Crippen molar-refractivity contribution in [2.45, 2.75) is 39.7 Å². The summed E-state index contributed by atoms with van der Waals surface area (Å²) in [5, 5.41) is 4.12. The zero-order valence-electron chi connectivity index (χ0n) is 19.7. The molecular formula is C27H28Br2N2O3. The van der Waals surface area contributed by atoms with E-state index in [1.165, 1.54) is 5.56 Å². The minimum Gasteiger partial charge on any atom is -0.490 e. The van der Waals surface area contributed by atoms with Gasteiger partial charge in [-0.25, -0.2) is 5.43 Å². The van der Waals surface area contributed by atoms with Gasteiger partial charge in [0, 0.05) is 10.0 Å². The molecular weight excluding hydrogens is 560 g/mol. The third-order valence-electron chi connectivity index (χ3n) is 5.02. The average Bonchev–Trinajstić information content (AvgIpc) is 2.79. The van der Waals surface area contributed by atoms with E-state index in [0.29, 0.717) is 30.3 Å². The maximum absolute atomic E-state index is 12.4. The first-order valence-electron chi connectivity index (χ1n) is 10.9. The van der Waals surface area contributed by atoms with Gasteiger partial charge in [-0.3, -0.25) is 4.79 Å².